The number of hydrogen-bond donors (Lipinski definition) is 1. The number of likely N-dealkylation sites (N-methyl/N-ethyl adjacent to an activating group) is 1. The zero-order chi connectivity index (χ0) is 22.9. The first kappa shape index (κ1) is 23.3. The lowest BCUT2D eigenvalue weighted by molar-refractivity contribution is -0.133. The quantitative estimate of drug-likeness (QED) is 0.337. The number of hydrogen-bond acceptors (Lipinski definition) is 5. The van der Waals surface area contributed by atoms with Gasteiger partial charge in [0.15, 0.2) is 6.61 Å². The molecule has 3 aromatic rings. The van der Waals surface area contributed by atoms with Crippen molar-refractivity contribution in [2.75, 3.05) is 19.0 Å². The average Bonchev–Trinajstić information content (AvgIpc) is 2.79. The highest BCUT2D eigenvalue weighted by Crippen LogP contribution is 2.28. The summed E-state index contributed by atoms with van der Waals surface area (Å²) in [6.45, 7) is 0.0330. The Bertz CT molecular complexity index is 1050. The molecule has 5 nitrogen and oxygen atoms in total. The molecular weight excluding hydrogens is 434 g/mol. The molecule has 0 saturated carbocycles. The number of para-hydroxylation sites is 1. The SMILES string of the molecule is CN(Cc1ccccc1)C(=O)COC(=O)c1ccccc1Nc1ccc(SC(F)F)cc1. The van der Waals surface area contributed by atoms with E-state index in [-0.39, 0.29) is 18.1 Å². The number of halogens is 2. The van der Waals surface area contributed by atoms with E-state index in [0.717, 1.165) is 5.56 Å². The predicted octanol–water partition coefficient (Wildman–Crippen LogP) is 5.56. The number of amides is 1. The smallest absolute Gasteiger partial charge is 0.340 e. The lowest BCUT2D eigenvalue weighted by atomic mass is 10.1. The fraction of sp³-hybridized carbons (Fsp3) is 0.167. The highest BCUT2D eigenvalue weighted by atomic mass is 32.2. The number of rotatable bonds is 9. The molecule has 0 atom stereocenters. The van der Waals surface area contributed by atoms with Crippen molar-refractivity contribution in [3.8, 4) is 0 Å². The van der Waals surface area contributed by atoms with Gasteiger partial charge in [-0.3, -0.25) is 4.79 Å². The lowest BCUT2D eigenvalue weighted by Crippen LogP contribution is -2.30. The molecular formula is C24H22F2N2O3S. The Hall–Kier alpha value is -3.39. The number of nitrogens with one attached hydrogen (secondary N) is 1. The molecule has 0 spiro atoms. The Morgan fingerprint density at radius 3 is 2.31 bits per heavy atom. The van der Waals surface area contributed by atoms with Crippen LogP contribution in [0.4, 0.5) is 20.2 Å². The molecule has 0 aliphatic heterocycles. The summed E-state index contributed by atoms with van der Waals surface area (Å²) in [6.07, 6.45) is 0. The molecule has 0 unspecified atom stereocenters. The van der Waals surface area contributed by atoms with E-state index in [1.807, 2.05) is 30.3 Å². The molecule has 1 amide bonds. The van der Waals surface area contributed by atoms with Crippen molar-refractivity contribution in [3.05, 3.63) is 90.0 Å². The summed E-state index contributed by atoms with van der Waals surface area (Å²) in [5.74, 6) is -3.45. The first-order chi connectivity index (χ1) is 15.4. The van der Waals surface area contributed by atoms with E-state index in [1.165, 1.54) is 4.90 Å². The number of thioether (sulfide) groups is 1. The number of carbonyl (C=O) groups is 2. The summed E-state index contributed by atoms with van der Waals surface area (Å²) >= 11 is 0.462. The van der Waals surface area contributed by atoms with Gasteiger partial charge in [-0.25, -0.2) is 4.79 Å². The van der Waals surface area contributed by atoms with Gasteiger partial charge >= 0.3 is 5.97 Å². The maximum absolute atomic E-state index is 12.6. The highest BCUT2D eigenvalue weighted by Gasteiger charge is 2.16. The zero-order valence-electron chi connectivity index (χ0n) is 17.3. The van der Waals surface area contributed by atoms with E-state index in [1.54, 1.807) is 55.6 Å². The van der Waals surface area contributed by atoms with Gasteiger partial charge in [0.2, 0.25) is 0 Å². The number of alkyl halides is 2. The van der Waals surface area contributed by atoms with E-state index in [2.05, 4.69) is 5.32 Å². The average molecular weight is 457 g/mol. The van der Waals surface area contributed by atoms with E-state index >= 15 is 0 Å². The van der Waals surface area contributed by atoms with Gasteiger partial charge < -0.3 is 15.0 Å². The molecule has 0 aliphatic carbocycles. The van der Waals surface area contributed by atoms with E-state index in [0.29, 0.717) is 34.6 Å². The van der Waals surface area contributed by atoms with Crippen LogP contribution in [0.3, 0.4) is 0 Å². The van der Waals surface area contributed by atoms with Gasteiger partial charge in [-0.2, -0.15) is 8.78 Å². The second-order valence-corrected chi connectivity index (χ2v) is 7.95. The van der Waals surface area contributed by atoms with Gasteiger partial charge in [0.1, 0.15) is 0 Å². The van der Waals surface area contributed by atoms with Crippen LogP contribution >= 0.6 is 11.8 Å². The zero-order valence-corrected chi connectivity index (χ0v) is 18.1. The van der Waals surface area contributed by atoms with Crippen LogP contribution in [0.1, 0.15) is 15.9 Å². The Balaban J connectivity index is 1.59. The second kappa shape index (κ2) is 11.3. The Morgan fingerprint density at radius 2 is 1.62 bits per heavy atom. The van der Waals surface area contributed by atoms with E-state index in [4.69, 9.17) is 4.74 Å². The van der Waals surface area contributed by atoms with Crippen molar-refractivity contribution in [1.29, 1.82) is 0 Å². The fourth-order valence-corrected chi connectivity index (χ4v) is 3.40. The third-order valence-corrected chi connectivity index (χ3v) is 5.24. The van der Waals surface area contributed by atoms with Crippen molar-refractivity contribution in [2.45, 2.75) is 17.2 Å². The van der Waals surface area contributed by atoms with Crippen LogP contribution < -0.4 is 5.32 Å². The van der Waals surface area contributed by atoms with Crippen molar-refractivity contribution in [3.63, 3.8) is 0 Å². The van der Waals surface area contributed by atoms with Crippen LogP contribution in [0.2, 0.25) is 0 Å². The van der Waals surface area contributed by atoms with Gasteiger partial charge in [-0.1, -0.05) is 54.2 Å². The highest BCUT2D eigenvalue weighted by molar-refractivity contribution is 7.99. The Kier molecular flexibility index (Phi) is 8.21. The van der Waals surface area contributed by atoms with Gasteiger partial charge in [-0.15, -0.1) is 0 Å². The largest absolute Gasteiger partial charge is 0.452 e. The molecule has 0 radical (unpaired) electrons. The minimum atomic E-state index is -2.49. The molecule has 3 aromatic carbocycles. The third kappa shape index (κ3) is 6.81. The van der Waals surface area contributed by atoms with Crippen LogP contribution in [0.25, 0.3) is 0 Å². The normalized spacial score (nSPS) is 10.6. The van der Waals surface area contributed by atoms with Crippen molar-refractivity contribution in [1.82, 2.24) is 4.90 Å². The van der Waals surface area contributed by atoms with E-state index < -0.39 is 11.7 Å². The summed E-state index contributed by atoms with van der Waals surface area (Å²) < 4.78 is 30.2. The Morgan fingerprint density at radius 1 is 0.969 bits per heavy atom. The van der Waals surface area contributed by atoms with Crippen molar-refractivity contribution < 1.29 is 23.1 Å². The lowest BCUT2D eigenvalue weighted by Gasteiger charge is -2.17. The van der Waals surface area contributed by atoms with Gasteiger partial charge in [0.05, 0.1) is 11.3 Å². The summed E-state index contributed by atoms with van der Waals surface area (Å²) in [4.78, 5) is 26.9. The molecule has 166 valence electrons. The molecule has 0 saturated heterocycles. The van der Waals surface area contributed by atoms with Gasteiger partial charge in [-0.05, 0) is 42.0 Å². The number of ether oxygens (including phenoxy) is 1. The third-order valence-electron chi connectivity index (χ3n) is 4.52. The molecule has 0 heterocycles. The minimum Gasteiger partial charge on any atom is -0.452 e. The summed E-state index contributed by atoms with van der Waals surface area (Å²) in [5.41, 5.74) is 2.35. The number of nitrogens with zero attached hydrogens (tertiary/aromatic N) is 1. The van der Waals surface area contributed by atoms with E-state index in [9.17, 15) is 18.4 Å². The molecule has 3 rings (SSSR count). The van der Waals surface area contributed by atoms with Gasteiger partial charge in [0, 0.05) is 24.2 Å². The van der Waals surface area contributed by atoms with Crippen LogP contribution in [0.5, 0.6) is 0 Å². The molecule has 0 fully saturated rings. The Labute approximate surface area is 189 Å². The predicted molar refractivity (Wildman–Crippen MR) is 121 cm³/mol. The van der Waals surface area contributed by atoms with Crippen molar-refractivity contribution in [2.24, 2.45) is 0 Å². The van der Waals surface area contributed by atoms with Crippen LogP contribution in [0, 0.1) is 0 Å². The summed E-state index contributed by atoms with van der Waals surface area (Å²) in [7, 11) is 1.65. The fourth-order valence-electron chi connectivity index (χ4n) is 2.91. The number of esters is 1. The topological polar surface area (TPSA) is 58.6 Å². The van der Waals surface area contributed by atoms with Crippen molar-refractivity contribution >= 4 is 35.0 Å². The summed E-state index contributed by atoms with van der Waals surface area (Å²) in [6, 6.07) is 22.7. The van der Waals surface area contributed by atoms with Crippen LogP contribution in [-0.2, 0) is 16.1 Å². The standard InChI is InChI=1S/C24H22F2N2O3S/c1-28(15-17-7-3-2-4-8-17)22(29)16-31-23(30)20-9-5-6-10-21(20)27-18-11-13-19(14-12-18)32-24(25)26/h2-14,24,27H,15-16H2,1H3. The molecule has 32 heavy (non-hydrogen) atoms. The maximum Gasteiger partial charge on any atom is 0.340 e. The molecule has 0 aromatic heterocycles. The van der Waals surface area contributed by atoms with Gasteiger partial charge in [0.25, 0.3) is 11.7 Å². The first-order valence-corrected chi connectivity index (χ1v) is 10.7. The first-order valence-electron chi connectivity index (χ1n) is 9.78. The molecule has 8 heteroatoms. The second-order valence-electron chi connectivity index (χ2n) is 6.88. The molecule has 1 N–H and O–H groups in total. The number of carbonyl (C=O) groups excluding carboxylic acids is 2. The number of benzene rings is 3. The minimum absolute atomic E-state index is 0.261. The monoisotopic (exact) mass is 456 g/mol. The van der Waals surface area contributed by atoms with Crippen LogP contribution in [-0.4, -0.2) is 36.2 Å². The van der Waals surface area contributed by atoms with Crippen LogP contribution in [0.15, 0.2) is 83.8 Å². The summed E-state index contributed by atoms with van der Waals surface area (Å²) in [5, 5.41) is 3.08. The maximum atomic E-state index is 12.6. The molecule has 0 bridgehead atoms. The molecule has 0 aliphatic rings. The number of anilines is 2.